The molecule has 0 saturated carbocycles. The zero-order valence-electron chi connectivity index (χ0n) is 18.8. The molecule has 9 heteroatoms. The van der Waals surface area contributed by atoms with Crippen molar-refractivity contribution in [2.24, 2.45) is 0 Å². The van der Waals surface area contributed by atoms with E-state index in [1.54, 1.807) is 36.7 Å². The fourth-order valence-corrected chi connectivity index (χ4v) is 4.41. The predicted octanol–water partition coefficient (Wildman–Crippen LogP) is 3.66. The van der Waals surface area contributed by atoms with Crippen LogP contribution in [0.1, 0.15) is 34.8 Å². The van der Waals surface area contributed by atoms with Gasteiger partial charge in [-0.25, -0.2) is 14.4 Å². The van der Waals surface area contributed by atoms with Crippen molar-refractivity contribution in [3.63, 3.8) is 0 Å². The summed E-state index contributed by atoms with van der Waals surface area (Å²) in [5, 5.41) is 0. The van der Waals surface area contributed by atoms with Crippen molar-refractivity contribution in [3.8, 4) is 11.6 Å². The molecule has 2 aliphatic rings. The first-order chi connectivity index (χ1) is 16.7. The highest BCUT2D eigenvalue weighted by molar-refractivity contribution is 5.95. The molecule has 4 heterocycles. The number of halogens is 1. The number of nitrogens with zero attached hydrogens (tertiary/aromatic N) is 5. The van der Waals surface area contributed by atoms with E-state index in [0.29, 0.717) is 37.6 Å². The second-order valence-corrected chi connectivity index (χ2v) is 8.37. The smallest absolute Gasteiger partial charge is 0.254 e. The van der Waals surface area contributed by atoms with Gasteiger partial charge in [0.15, 0.2) is 11.6 Å². The first-order valence-corrected chi connectivity index (χ1v) is 11.5. The van der Waals surface area contributed by atoms with Crippen molar-refractivity contribution in [3.05, 3.63) is 72.1 Å². The molecule has 2 aliphatic heterocycles. The monoisotopic (exact) mass is 463 g/mol. The first-order valence-electron chi connectivity index (χ1n) is 11.5. The Morgan fingerprint density at radius 3 is 2.71 bits per heavy atom. The van der Waals surface area contributed by atoms with E-state index < -0.39 is 5.82 Å². The molecule has 3 aromatic rings. The molecule has 34 heavy (non-hydrogen) atoms. The summed E-state index contributed by atoms with van der Waals surface area (Å²) in [6.07, 6.45) is 6.47. The number of ether oxygens (including phenoxy) is 2. The zero-order valence-corrected chi connectivity index (χ0v) is 18.8. The molecule has 0 N–H and O–H groups in total. The van der Waals surface area contributed by atoms with Crippen molar-refractivity contribution in [1.82, 2.24) is 19.9 Å². The van der Waals surface area contributed by atoms with Crippen LogP contribution in [-0.2, 0) is 4.74 Å². The topological polar surface area (TPSA) is 80.7 Å². The summed E-state index contributed by atoms with van der Waals surface area (Å²) in [5.41, 5.74) is 1.24. The van der Waals surface area contributed by atoms with E-state index in [0.717, 1.165) is 31.7 Å². The number of carbonyl (C=O) groups excluding carboxylic acids is 1. The number of rotatable bonds is 5. The molecule has 1 aromatic carbocycles. The molecule has 1 atom stereocenters. The summed E-state index contributed by atoms with van der Waals surface area (Å²) in [4.78, 5) is 30.6. The molecule has 0 radical (unpaired) electrons. The molecule has 1 amide bonds. The number of pyridine rings is 1. The highest BCUT2D eigenvalue weighted by Crippen LogP contribution is 2.33. The van der Waals surface area contributed by atoms with Crippen molar-refractivity contribution in [2.45, 2.75) is 18.8 Å². The summed E-state index contributed by atoms with van der Waals surface area (Å²) in [7, 11) is 0. The lowest BCUT2D eigenvalue weighted by Gasteiger charge is -2.33. The summed E-state index contributed by atoms with van der Waals surface area (Å²) in [6.45, 7) is 3.97. The van der Waals surface area contributed by atoms with Crippen LogP contribution in [0, 0.1) is 5.82 Å². The minimum Gasteiger partial charge on any atom is -0.434 e. The van der Waals surface area contributed by atoms with Crippen LogP contribution in [0.15, 0.2) is 55.0 Å². The largest absolute Gasteiger partial charge is 0.434 e. The molecule has 176 valence electrons. The van der Waals surface area contributed by atoms with E-state index >= 15 is 0 Å². The Hall–Kier alpha value is -3.59. The molecule has 8 nitrogen and oxygen atoms in total. The average molecular weight is 464 g/mol. The van der Waals surface area contributed by atoms with E-state index in [1.165, 1.54) is 12.3 Å². The maximum Gasteiger partial charge on any atom is 0.254 e. The van der Waals surface area contributed by atoms with E-state index in [1.807, 2.05) is 11.0 Å². The van der Waals surface area contributed by atoms with E-state index in [9.17, 15) is 9.18 Å². The third kappa shape index (κ3) is 4.84. The molecular weight excluding hydrogens is 437 g/mol. The predicted molar refractivity (Wildman–Crippen MR) is 124 cm³/mol. The number of para-hydroxylation sites is 1. The van der Waals surface area contributed by atoms with E-state index in [-0.39, 0.29) is 23.5 Å². The number of benzene rings is 1. The van der Waals surface area contributed by atoms with Crippen LogP contribution in [0.5, 0.6) is 11.6 Å². The van der Waals surface area contributed by atoms with Crippen LogP contribution in [0.3, 0.4) is 0 Å². The Morgan fingerprint density at radius 1 is 1.03 bits per heavy atom. The quantitative estimate of drug-likeness (QED) is 0.571. The van der Waals surface area contributed by atoms with Crippen LogP contribution in [0.4, 0.5) is 10.2 Å². The second kappa shape index (κ2) is 10.1. The van der Waals surface area contributed by atoms with Gasteiger partial charge in [-0.05, 0) is 37.1 Å². The van der Waals surface area contributed by atoms with Crippen LogP contribution in [0.2, 0.25) is 0 Å². The third-order valence-electron chi connectivity index (χ3n) is 6.16. The molecule has 2 aromatic heterocycles. The number of amides is 1. The third-order valence-corrected chi connectivity index (χ3v) is 6.16. The average Bonchev–Trinajstić information content (AvgIpc) is 2.90. The van der Waals surface area contributed by atoms with Gasteiger partial charge in [-0.3, -0.25) is 9.78 Å². The Morgan fingerprint density at radius 2 is 1.85 bits per heavy atom. The number of carbonyl (C=O) groups is 1. The molecule has 2 fully saturated rings. The molecule has 2 saturated heterocycles. The van der Waals surface area contributed by atoms with Gasteiger partial charge in [-0.1, -0.05) is 12.1 Å². The SMILES string of the molecule is O=C(c1ccnc(N2CCOCC2)c1)N1CCCC(c2nccnc2Oc2ccccc2F)C1. The second-order valence-electron chi connectivity index (χ2n) is 8.37. The zero-order chi connectivity index (χ0) is 23.3. The number of piperidine rings is 1. The van der Waals surface area contributed by atoms with E-state index in [4.69, 9.17) is 9.47 Å². The van der Waals surface area contributed by atoms with Crippen molar-refractivity contribution >= 4 is 11.7 Å². The van der Waals surface area contributed by atoms with Gasteiger partial charge in [-0.15, -0.1) is 0 Å². The van der Waals surface area contributed by atoms with Crippen molar-refractivity contribution in [1.29, 1.82) is 0 Å². The fraction of sp³-hybridized carbons (Fsp3) is 0.360. The highest BCUT2D eigenvalue weighted by Gasteiger charge is 2.29. The standard InChI is InChI=1S/C25H26FN5O3/c26-20-5-1-2-6-21(20)34-24-23(28-9-10-29-24)19-4-3-11-31(17-19)25(32)18-7-8-27-22(16-18)30-12-14-33-15-13-30/h1-2,5-10,16,19H,3-4,11-15,17H2. The van der Waals surface area contributed by atoms with Crippen LogP contribution in [0.25, 0.3) is 0 Å². The van der Waals surface area contributed by atoms with Crippen LogP contribution < -0.4 is 9.64 Å². The molecule has 0 aliphatic carbocycles. The van der Waals surface area contributed by atoms with Gasteiger partial charge in [0.1, 0.15) is 11.5 Å². The molecule has 1 unspecified atom stereocenters. The van der Waals surface area contributed by atoms with Gasteiger partial charge >= 0.3 is 0 Å². The van der Waals surface area contributed by atoms with Gasteiger partial charge in [-0.2, -0.15) is 0 Å². The number of aromatic nitrogens is 3. The maximum absolute atomic E-state index is 14.1. The summed E-state index contributed by atoms with van der Waals surface area (Å²) >= 11 is 0. The summed E-state index contributed by atoms with van der Waals surface area (Å²) in [5.74, 6) is 0.590. The molecule has 0 bridgehead atoms. The molecule has 5 rings (SSSR count). The van der Waals surface area contributed by atoms with Crippen molar-refractivity contribution in [2.75, 3.05) is 44.3 Å². The van der Waals surface area contributed by atoms with E-state index in [2.05, 4.69) is 19.9 Å². The first kappa shape index (κ1) is 22.2. The minimum atomic E-state index is -0.465. The molecular formula is C25H26FN5O3. The fourth-order valence-electron chi connectivity index (χ4n) is 4.41. The van der Waals surface area contributed by atoms with Gasteiger partial charge in [0.25, 0.3) is 5.91 Å². The number of hydrogen-bond acceptors (Lipinski definition) is 7. The van der Waals surface area contributed by atoms with Gasteiger partial charge in [0, 0.05) is 56.3 Å². The number of morpholine rings is 1. The van der Waals surface area contributed by atoms with Crippen molar-refractivity contribution < 1.29 is 18.7 Å². The number of likely N-dealkylation sites (tertiary alicyclic amines) is 1. The molecule has 0 spiro atoms. The van der Waals surface area contributed by atoms with Crippen LogP contribution >= 0.6 is 0 Å². The Balaban J connectivity index is 1.33. The Kier molecular flexibility index (Phi) is 6.62. The minimum absolute atomic E-state index is 0.0397. The lowest BCUT2D eigenvalue weighted by molar-refractivity contribution is 0.0704. The summed E-state index contributed by atoms with van der Waals surface area (Å²) in [6, 6.07) is 9.81. The number of anilines is 1. The normalized spacial score (nSPS) is 18.6. The Labute approximate surface area is 197 Å². The summed E-state index contributed by atoms with van der Waals surface area (Å²) < 4.78 is 25.3. The van der Waals surface area contributed by atoms with Gasteiger partial charge in [0.2, 0.25) is 5.88 Å². The van der Waals surface area contributed by atoms with Gasteiger partial charge in [0.05, 0.1) is 13.2 Å². The Bertz CT molecular complexity index is 1150. The lowest BCUT2D eigenvalue weighted by atomic mass is 9.94. The van der Waals surface area contributed by atoms with Crippen LogP contribution in [-0.4, -0.2) is 65.2 Å². The number of hydrogen-bond donors (Lipinski definition) is 0. The highest BCUT2D eigenvalue weighted by atomic mass is 19.1. The maximum atomic E-state index is 14.1. The van der Waals surface area contributed by atoms with Gasteiger partial charge < -0.3 is 19.3 Å². The lowest BCUT2D eigenvalue weighted by Crippen LogP contribution is -2.40.